The molecule has 4 heteroatoms. The molecule has 1 spiro atoms. The van der Waals surface area contributed by atoms with Crippen LogP contribution < -0.4 is 19.3 Å². The fourth-order valence-electron chi connectivity index (χ4n) is 8.32. The molecule has 4 nitrogen and oxygen atoms in total. The number of hydrogen-bond donors (Lipinski definition) is 0. The third-order valence-electron chi connectivity index (χ3n) is 10.6. The topological polar surface area (TPSA) is 24.9 Å². The summed E-state index contributed by atoms with van der Waals surface area (Å²) in [5.74, 6) is 3.30. The summed E-state index contributed by atoms with van der Waals surface area (Å²) >= 11 is 0. The van der Waals surface area contributed by atoms with Gasteiger partial charge in [0.25, 0.3) is 0 Å². The minimum absolute atomic E-state index is 0.697. The molecule has 254 valence electrons. The van der Waals surface area contributed by atoms with E-state index in [9.17, 15) is 0 Å². The van der Waals surface area contributed by atoms with Crippen LogP contribution in [-0.2, 0) is 5.41 Å². The van der Waals surface area contributed by atoms with Crippen LogP contribution in [0.4, 0.5) is 28.4 Å². The van der Waals surface area contributed by atoms with Crippen LogP contribution in [0.1, 0.15) is 35.1 Å². The first kappa shape index (κ1) is 31.0. The highest BCUT2D eigenvalue weighted by molar-refractivity contribution is 5.82. The zero-order chi connectivity index (χ0) is 35.2. The van der Waals surface area contributed by atoms with E-state index in [1.807, 2.05) is 0 Å². The van der Waals surface area contributed by atoms with Gasteiger partial charge in [-0.05, 0) is 79.6 Å². The van der Waals surface area contributed by atoms with E-state index >= 15 is 0 Å². The summed E-state index contributed by atoms with van der Waals surface area (Å²) in [4.78, 5) is 4.61. The molecule has 53 heavy (non-hydrogen) atoms. The standard InChI is InChI=1S/C49H36N2O2/c1-5-17-35(18-6-1)50(36-19-7-2-8-20-36)39-29-31-43-47(33-39)52-45-27-15-13-25-41(45)49(43)42-26-14-16-28-46(42)53-48-34-40(30-32-44(48)49)51(37-21-9-3-10-22-37)38-23-11-4-12-24-38/h1-3,5-11,13-34H,4,12H2. The Hall–Kier alpha value is -6.78. The molecule has 7 aromatic carbocycles. The van der Waals surface area contributed by atoms with Gasteiger partial charge >= 0.3 is 0 Å². The maximum Gasteiger partial charge on any atom is 0.134 e. The van der Waals surface area contributed by atoms with Gasteiger partial charge in [0.15, 0.2) is 0 Å². The Balaban J connectivity index is 1.20. The SMILES string of the molecule is C1=CC(N(c2ccccc2)c2ccc3c(c2)Oc2ccccc2C32c3ccccc3Oc3cc(N(c4ccccc4)c4ccccc4)ccc32)=CCC1. The summed E-state index contributed by atoms with van der Waals surface area (Å²) < 4.78 is 13.8. The van der Waals surface area contributed by atoms with E-state index in [0.29, 0.717) is 0 Å². The molecule has 1 unspecified atom stereocenters. The lowest BCUT2D eigenvalue weighted by molar-refractivity contribution is 0.399. The maximum atomic E-state index is 6.91. The van der Waals surface area contributed by atoms with Crippen molar-refractivity contribution >= 4 is 28.4 Å². The molecule has 0 saturated carbocycles. The second-order valence-corrected chi connectivity index (χ2v) is 13.6. The average Bonchev–Trinajstić information content (AvgIpc) is 3.22. The van der Waals surface area contributed by atoms with Crippen LogP contribution in [0.15, 0.2) is 200 Å². The summed E-state index contributed by atoms with van der Waals surface area (Å²) in [6.45, 7) is 0. The quantitative estimate of drug-likeness (QED) is 0.174. The number of rotatable bonds is 6. The van der Waals surface area contributed by atoms with Crippen molar-refractivity contribution in [2.45, 2.75) is 18.3 Å². The zero-order valence-electron chi connectivity index (χ0n) is 29.1. The van der Waals surface area contributed by atoms with Crippen molar-refractivity contribution in [2.75, 3.05) is 9.80 Å². The molecule has 1 atom stereocenters. The number of ether oxygens (including phenoxy) is 2. The number of fused-ring (bicyclic) bond motifs is 8. The summed E-state index contributed by atoms with van der Waals surface area (Å²) in [5.41, 5.74) is 10.1. The molecule has 0 amide bonds. The third kappa shape index (κ3) is 5.06. The number of hydrogen-bond acceptors (Lipinski definition) is 4. The van der Waals surface area contributed by atoms with Gasteiger partial charge in [0.2, 0.25) is 0 Å². The van der Waals surface area contributed by atoms with E-state index in [1.165, 1.54) is 0 Å². The first-order valence-corrected chi connectivity index (χ1v) is 18.2. The highest BCUT2D eigenvalue weighted by atomic mass is 16.5. The first-order chi connectivity index (χ1) is 26.3. The molecule has 0 bridgehead atoms. The van der Waals surface area contributed by atoms with Crippen molar-refractivity contribution in [1.29, 1.82) is 0 Å². The molecule has 7 aromatic rings. The van der Waals surface area contributed by atoms with Crippen LogP contribution in [0.2, 0.25) is 0 Å². The predicted octanol–water partition coefficient (Wildman–Crippen LogP) is 13.1. The Morgan fingerprint density at radius 1 is 0.377 bits per heavy atom. The van der Waals surface area contributed by atoms with Gasteiger partial charge in [0.1, 0.15) is 23.0 Å². The highest BCUT2D eigenvalue weighted by Gasteiger charge is 2.50. The van der Waals surface area contributed by atoms with Gasteiger partial charge < -0.3 is 19.3 Å². The van der Waals surface area contributed by atoms with Crippen LogP contribution in [0, 0.1) is 0 Å². The molecule has 0 fully saturated rings. The molecule has 2 aliphatic heterocycles. The van der Waals surface area contributed by atoms with Gasteiger partial charge in [-0.2, -0.15) is 0 Å². The highest BCUT2D eigenvalue weighted by Crippen LogP contribution is 2.62. The summed E-state index contributed by atoms with van der Waals surface area (Å²) in [7, 11) is 0. The molecule has 2 heterocycles. The van der Waals surface area contributed by atoms with Gasteiger partial charge in [0.05, 0.1) is 5.41 Å². The zero-order valence-corrected chi connectivity index (χ0v) is 29.1. The van der Waals surface area contributed by atoms with Gasteiger partial charge in [-0.1, -0.05) is 115 Å². The molecular weight excluding hydrogens is 649 g/mol. The maximum absolute atomic E-state index is 6.91. The summed E-state index contributed by atoms with van der Waals surface area (Å²) in [6.07, 6.45) is 8.86. The van der Waals surface area contributed by atoms with Crippen LogP contribution in [0.25, 0.3) is 0 Å². The lowest BCUT2D eigenvalue weighted by Gasteiger charge is -2.45. The van der Waals surface area contributed by atoms with E-state index in [-0.39, 0.29) is 0 Å². The fraction of sp³-hybridized carbons (Fsp3) is 0.0612. The van der Waals surface area contributed by atoms with E-state index < -0.39 is 5.41 Å². The monoisotopic (exact) mass is 684 g/mol. The third-order valence-corrected chi connectivity index (χ3v) is 10.6. The molecule has 0 aromatic heterocycles. The van der Waals surface area contributed by atoms with Crippen molar-refractivity contribution in [3.63, 3.8) is 0 Å². The van der Waals surface area contributed by atoms with E-state index in [4.69, 9.17) is 9.47 Å². The molecule has 0 radical (unpaired) electrons. The molecule has 3 aliphatic rings. The Morgan fingerprint density at radius 3 is 1.30 bits per heavy atom. The second kappa shape index (κ2) is 12.8. The van der Waals surface area contributed by atoms with Crippen LogP contribution in [-0.4, -0.2) is 0 Å². The number of nitrogens with zero attached hydrogens (tertiary/aromatic N) is 2. The first-order valence-electron chi connectivity index (χ1n) is 18.2. The number of anilines is 5. The van der Waals surface area contributed by atoms with Gasteiger partial charge in [-0.25, -0.2) is 0 Å². The minimum atomic E-state index is -0.697. The molecular formula is C49H36N2O2. The second-order valence-electron chi connectivity index (χ2n) is 13.6. The van der Waals surface area contributed by atoms with Crippen molar-refractivity contribution in [3.8, 4) is 23.0 Å². The normalized spacial score (nSPS) is 16.2. The number of benzene rings is 7. The summed E-state index contributed by atoms with van der Waals surface area (Å²) in [5, 5.41) is 0. The Morgan fingerprint density at radius 2 is 0.811 bits per heavy atom. The van der Waals surface area contributed by atoms with Crippen molar-refractivity contribution in [2.24, 2.45) is 0 Å². The largest absolute Gasteiger partial charge is 0.457 e. The molecule has 10 rings (SSSR count). The number of allylic oxidation sites excluding steroid dienone is 3. The smallest absolute Gasteiger partial charge is 0.134 e. The predicted molar refractivity (Wildman–Crippen MR) is 215 cm³/mol. The lowest BCUT2D eigenvalue weighted by Crippen LogP contribution is -2.37. The van der Waals surface area contributed by atoms with Crippen LogP contribution in [0.3, 0.4) is 0 Å². The van der Waals surface area contributed by atoms with Crippen molar-refractivity contribution in [1.82, 2.24) is 0 Å². The average molecular weight is 685 g/mol. The summed E-state index contributed by atoms with van der Waals surface area (Å²) in [6, 6.07) is 61.9. The molecule has 0 saturated heterocycles. The Bertz CT molecular complexity index is 2470. The number of para-hydroxylation sites is 5. The van der Waals surface area contributed by atoms with E-state index in [2.05, 4.69) is 204 Å². The van der Waals surface area contributed by atoms with Gasteiger partial charge in [-0.3, -0.25) is 0 Å². The lowest BCUT2D eigenvalue weighted by atomic mass is 9.62. The van der Waals surface area contributed by atoms with Gasteiger partial charge in [-0.15, -0.1) is 0 Å². The van der Waals surface area contributed by atoms with E-state index in [1.54, 1.807) is 0 Å². The Kier molecular flexibility index (Phi) is 7.47. The van der Waals surface area contributed by atoms with Crippen LogP contribution in [0.5, 0.6) is 23.0 Å². The van der Waals surface area contributed by atoms with Crippen molar-refractivity contribution < 1.29 is 9.47 Å². The molecule has 1 aliphatic carbocycles. The fourth-order valence-corrected chi connectivity index (χ4v) is 8.32. The Labute approximate surface area is 310 Å². The minimum Gasteiger partial charge on any atom is -0.457 e. The van der Waals surface area contributed by atoms with Gasteiger partial charge in [0, 0.05) is 68.5 Å². The van der Waals surface area contributed by atoms with Crippen LogP contribution >= 0.6 is 0 Å². The molecule has 0 N–H and O–H groups in total. The van der Waals surface area contributed by atoms with Crippen molar-refractivity contribution in [3.05, 3.63) is 222 Å². The van der Waals surface area contributed by atoms with E-state index in [0.717, 1.165) is 92.2 Å².